The van der Waals surface area contributed by atoms with Crippen LogP contribution in [0, 0.1) is 5.82 Å². The van der Waals surface area contributed by atoms with Crippen LogP contribution >= 0.6 is 11.6 Å². The summed E-state index contributed by atoms with van der Waals surface area (Å²) >= 11 is 6.02. The Morgan fingerprint density at radius 2 is 1.86 bits per heavy atom. The Kier molecular flexibility index (Phi) is 7.08. The second-order valence-corrected chi connectivity index (χ2v) is 6.82. The molecule has 1 aromatic heterocycles. The Balaban J connectivity index is 1.40. The number of fused-ring (bicyclic) bond motifs is 1. The van der Waals surface area contributed by atoms with Gasteiger partial charge in [-0.05, 0) is 42.3 Å². The van der Waals surface area contributed by atoms with Gasteiger partial charge >= 0.3 is 0 Å². The molecule has 0 aliphatic heterocycles. The van der Waals surface area contributed by atoms with Crippen molar-refractivity contribution in [3.05, 3.63) is 70.6 Å². The summed E-state index contributed by atoms with van der Waals surface area (Å²) in [5, 5.41) is 10.6. The van der Waals surface area contributed by atoms with Crippen molar-refractivity contribution < 1.29 is 9.18 Å². The number of carbonyl (C=O) groups is 1. The fraction of sp³-hybridized carbons (Fsp3) is 0.238. The fourth-order valence-electron chi connectivity index (χ4n) is 3.00. The van der Waals surface area contributed by atoms with Crippen LogP contribution in [0.2, 0.25) is 5.02 Å². The van der Waals surface area contributed by atoms with Crippen molar-refractivity contribution in [2.45, 2.75) is 6.42 Å². The minimum atomic E-state index is -0.254. The maximum atomic E-state index is 13.3. The SMILES string of the molecule is CN=C(NCCNC(=O)c1ccccc1Cl)NCCc1c[nH]c2cc(F)ccc12. The third-order valence-corrected chi connectivity index (χ3v) is 4.79. The van der Waals surface area contributed by atoms with Gasteiger partial charge in [0.2, 0.25) is 0 Å². The highest BCUT2D eigenvalue weighted by molar-refractivity contribution is 6.33. The van der Waals surface area contributed by atoms with Crippen molar-refractivity contribution in [3.8, 4) is 0 Å². The molecule has 0 saturated heterocycles. The van der Waals surface area contributed by atoms with E-state index in [0.29, 0.717) is 36.2 Å². The standard InChI is InChI=1S/C21H23ClFN5O/c1-24-21(27-11-10-25-20(29)17-4-2-3-5-18(17)22)26-9-8-14-13-28-19-12-15(23)6-7-16(14)19/h2-7,12-13,28H,8-11H2,1H3,(H,25,29)(H2,24,26,27). The monoisotopic (exact) mass is 415 g/mol. The Labute approximate surface area is 173 Å². The summed E-state index contributed by atoms with van der Waals surface area (Å²) < 4.78 is 13.3. The molecule has 3 aromatic rings. The number of carbonyl (C=O) groups excluding carboxylic acids is 1. The topological polar surface area (TPSA) is 81.3 Å². The van der Waals surface area contributed by atoms with Crippen molar-refractivity contribution in [2.24, 2.45) is 4.99 Å². The summed E-state index contributed by atoms with van der Waals surface area (Å²) in [7, 11) is 1.69. The van der Waals surface area contributed by atoms with Crippen molar-refractivity contribution >= 4 is 34.4 Å². The molecule has 0 spiro atoms. The van der Waals surface area contributed by atoms with Gasteiger partial charge in [0, 0.05) is 43.8 Å². The number of aromatic nitrogens is 1. The third kappa shape index (κ3) is 5.48. The van der Waals surface area contributed by atoms with Crippen molar-refractivity contribution in [2.75, 3.05) is 26.7 Å². The number of hydrogen-bond donors (Lipinski definition) is 4. The molecule has 29 heavy (non-hydrogen) atoms. The second kappa shape index (κ2) is 9.93. The van der Waals surface area contributed by atoms with Gasteiger partial charge in [0.15, 0.2) is 5.96 Å². The summed E-state index contributed by atoms with van der Waals surface area (Å²) in [4.78, 5) is 19.4. The van der Waals surface area contributed by atoms with Crippen LogP contribution in [0.5, 0.6) is 0 Å². The minimum absolute atomic E-state index is 0.212. The highest BCUT2D eigenvalue weighted by Gasteiger charge is 2.09. The van der Waals surface area contributed by atoms with Gasteiger partial charge in [-0.2, -0.15) is 0 Å². The number of aromatic amines is 1. The predicted octanol–water partition coefficient (Wildman–Crippen LogP) is 3.10. The van der Waals surface area contributed by atoms with E-state index >= 15 is 0 Å². The van der Waals surface area contributed by atoms with E-state index < -0.39 is 0 Å². The van der Waals surface area contributed by atoms with E-state index in [-0.39, 0.29) is 11.7 Å². The Morgan fingerprint density at radius 3 is 2.66 bits per heavy atom. The molecule has 0 bridgehead atoms. The van der Waals surface area contributed by atoms with Gasteiger partial charge in [-0.3, -0.25) is 9.79 Å². The number of hydrogen-bond acceptors (Lipinski definition) is 2. The van der Waals surface area contributed by atoms with Crippen LogP contribution in [-0.2, 0) is 6.42 Å². The summed E-state index contributed by atoms with van der Waals surface area (Å²) in [6.45, 7) is 1.61. The van der Waals surface area contributed by atoms with Crippen LogP contribution in [0.3, 0.4) is 0 Å². The first-order valence-corrected chi connectivity index (χ1v) is 9.69. The first-order valence-electron chi connectivity index (χ1n) is 9.31. The summed E-state index contributed by atoms with van der Waals surface area (Å²) in [5.74, 6) is 0.175. The van der Waals surface area contributed by atoms with Crippen LogP contribution in [-0.4, -0.2) is 43.5 Å². The molecule has 0 aliphatic rings. The largest absolute Gasteiger partial charge is 0.361 e. The molecule has 3 rings (SSSR count). The molecule has 0 saturated carbocycles. The van der Waals surface area contributed by atoms with E-state index in [9.17, 15) is 9.18 Å². The molecule has 4 N–H and O–H groups in total. The lowest BCUT2D eigenvalue weighted by Crippen LogP contribution is -2.42. The first-order chi connectivity index (χ1) is 14.1. The number of guanidine groups is 1. The number of H-pyrrole nitrogens is 1. The smallest absolute Gasteiger partial charge is 0.252 e. The summed E-state index contributed by atoms with van der Waals surface area (Å²) in [6.07, 6.45) is 2.65. The molecule has 0 unspecified atom stereocenters. The average molecular weight is 416 g/mol. The lowest BCUT2D eigenvalue weighted by atomic mass is 10.1. The van der Waals surface area contributed by atoms with Crippen molar-refractivity contribution in [3.63, 3.8) is 0 Å². The van der Waals surface area contributed by atoms with Gasteiger partial charge < -0.3 is 20.9 Å². The van der Waals surface area contributed by atoms with Crippen LogP contribution in [0.4, 0.5) is 4.39 Å². The highest BCUT2D eigenvalue weighted by atomic mass is 35.5. The van der Waals surface area contributed by atoms with E-state index in [4.69, 9.17) is 11.6 Å². The zero-order chi connectivity index (χ0) is 20.6. The molecule has 1 heterocycles. The number of nitrogens with one attached hydrogen (secondary N) is 4. The zero-order valence-corrected chi connectivity index (χ0v) is 16.8. The number of amides is 1. The average Bonchev–Trinajstić information content (AvgIpc) is 3.11. The van der Waals surface area contributed by atoms with Crippen LogP contribution in [0.15, 0.2) is 53.7 Å². The Bertz CT molecular complexity index is 1020. The fourth-order valence-corrected chi connectivity index (χ4v) is 3.22. The molecule has 0 aliphatic carbocycles. The maximum Gasteiger partial charge on any atom is 0.252 e. The van der Waals surface area contributed by atoms with E-state index in [2.05, 4.69) is 25.9 Å². The Hall–Kier alpha value is -3.06. The summed E-state index contributed by atoms with van der Waals surface area (Å²) in [6, 6.07) is 11.7. The van der Waals surface area contributed by atoms with E-state index in [0.717, 1.165) is 22.9 Å². The Morgan fingerprint density at radius 1 is 1.10 bits per heavy atom. The minimum Gasteiger partial charge on any atom is -0.361 e. The third-order valence-electron chi connectivity index (χ3n) is 4.46. The molecule has 0 atom stereocenters. The molecular weight excluding hydrogens is 393 g/mol. The van der Waals surface area contributed by atoms with E-state index in [1.54, 1.807) is 37.4 Å². The van der Waals surface area contributed by atoms with Gasteiger partial charge in [0.1, 0.15) is 5.82 Å². The molecule has 0 radical (unpaired) electrons. The molecular formula is C21H23ClFN5O. The number of halogens is 2. The molecule has 2 aromatic carbocycles. The van der Waals surface area contributed by atoms with Gasteiger partial charge in [0.25, 0.3) is 5.91 Å². The van der Waals surface area contributed by atoms with Gasteiger partial charge in [0.05, 0.1) is 10.6 Å². The quantitative estimate of drug-likeness (QED) is 0.272. The molecule has 8 heteroatoms. The van der Waals surface area contributed by atoms with Gasteiger partial charge in [-0.25, -0.2) is 4.39 Å². The number of nitrogens with zero attached hydrogens (tertiary/aromatic N) is 1. The van der Waals surface area contributed by atoms with E-state index in [1.165, 1.54) is 12.1 Å². The summed E-state index contributed by atoms with van der Waals surface area (Å²) in [5.41, 5.74) is 2.35. The van der Waals surface area contributed by atoms with Crippen molar-refractivity contribution in [1.29, 1.82) is 0 Å². The lowest BCUT2D eigenvalue weighted by molar-refractivity contribution is 0.0954. The molecule has 1 amide bonds. The van der Waals surface area contributed by atoms with Crippen molar-refractivity contribution in [1.82, 2.24) is 20.9 Å². The molecule has 6 nitrogen and oxygen atoms in total. The first kappa shape index (κ1) is 20.7. The van der Waals surface area contributed by atoms with Crippen LogP contribution in [0.25, 0.3) is 10.9 Å². The van der Waals surface area contributed by atoms with Gasteiger partial charge in [-0.15, -0.1) is 0 Å². The van der Waals surface area contributed by atoms with Gasteiger partial charge in [-0.1, -0.05) is 23.7 Å². The molecule has 152 valence electrons. The predicted molar refractivity (Wildman–Crippen MR) is 115 cm³/mol. The van der Waals surface area contributed by atoms with E-state index in [1.807, 2.05) is 6.20 Å². The number of rotatable bonds is 7. The number of benzene rings is 2. The zero-order valence-electron chi connectivity index (χ0n) is 16.1. The highest BCUT2D eigenvalue weighted by Crippen LogP contribution is 2.19. The number of aliphatic imine (C=N–C) groups is 1. The maximum absolute atomic E-state index is 13.3. The lowest BCUT2D eigenvalue weighted by Gasteiger charge is -2.12. The second-order valence-electron chi connectivity index (χ2n) is 6.42. The normalized spacial score (nSPS) is 11.5. The van der Waals surface area contributed by atoms with Crippen LogP contribution < -0.4 is 16.0 Å². The molecule has 0 fully saturated rings. The van der Waals surface area contributed by atoms with Crippen LogP contribution in [0.1, 0.15) is 15.9 Å².